The van der Waals surface area contributed by atoms with Crippen LogP contribution >= 0.6 is 0 Å². The third kappa shape index (κ3) is 4.11. The van der Waals surface area contributed by atoms with Gasteiger partial charge in [0.2, 0.25) is 0 Å². The minimum Gasteiger partial charge on any atom is -0.497 e. The molecule has 0 spiro atoms. The van der Waals surface area contributed by atoms with Crippen LogP contribution in [0, 0.1) is 5.92 Å². The number of benzene rings is 1. The molecule has 0 saturated carbocycles. The van der Waals surface area contributed by atoms with E-state index in [4.69, 9.17) is 14.6 Å². The summed E-state index contributed by atoms with van der Waals surface area (Å²) in [5.41, 5.74) is 1.15. The molecule has 5 heteroatoms. The largest absolute Gasteiger partial charge is 0.497 e. The van der Waals surface area contributed by atoms with Crippen molar-refractivity contribution in [3.63, 3.8) is 0 Å². The van der Waals surface area contributed by atoms with Crippen LogP contribution in [0.25, 0.3) is 0 Å². The van der Waals surface area contributed by atoms with Gasteiger partial charge in [0.05, 0.1) is 20.1 Å². The van der Waals surface area contributed by atoms with Crippen LogP contribution in [-0.2, 0) is 11.2 Å². The van der Waals surface area contributed by atoms with Gasteiger partial charge in [-0.3, -0.25) is 4.79 Å². The van der Waals surface area contributed by atoms with Gasteiger partial charge >= 0.3 is 5.97 Å². The molecular formula is C16H23NO4. The average molecular weight is 293 g/mol. The van der Waals surface area contributed by atoms with Crippen molar-refractivity contribution in [1.82, 2.24) is 4.90 Å². The number of likely N-dealkylation sites (tertiary alicyclic amines) is 1. The molecule has 1 heterocycles. The predicted molar refractivity (Wildman–Crippen MR) is 80.0 cm³/mol. The predicted octanol–water partition coefficient (Wildman–Crippen LogP) is 2.04. The first-order valence-corrected chi connectivity index (χ1v) is 7.30. The van der Waals surface area contributed by atoms with E-state index < -0.39 is 5.97 Å². The maximum absolute atomic E-state index is 10.9. The number of carbonyl (C=O) groups is 1. The lowest BCUT2D eigenvalue weighted by atomic mass is 9.97. The van der Waals surface area contributed by atoms with Gasteiger partial charge in [-0.25, -0.2) is 0 Å². The molecule has 0 unspecified atom stereocenters. The number of nitrogens with zero attached hydrogens (tertiary/aromatic N) is 1. The molecule has 0 radical (unpaired) electrons. The Hall–Kier alpha value is -1.75. The Bertz CT molecular complexity index is 481. The van der Waals surface area contributed by atoms with Crippen LogP contribution < -0.4 is 9.47 Å². The highest BCUT2D eigenvalue weighted by molar-refractivity contribution is 5.70. The molecule has 0 amide bonds. The van der Waals surface area contributed by atoms with E-state index in [1.54, 1.807) is 14.2 Å². The first-order chi connectivity index (χ1) is 10.1. The SMILES string of the molecule is COc1ccc(CCN2CCC(C(=O)O)CC2)c(OC)c1. The number of ether oxygens (including phenoxy) is 2. The van der Waals surface area contributed by atoms with Crippen LogP contribution in [0.4, 0.5) is 0 Å². The van der Waals surface area contributed by atoms with Gasteiger partial charge in [0.25, 0.3) is 0 Å². The topological polar surface area (TPSA) is 59.0 Å². The summed E-state index contributed by atoms with van der Waals surface area (Å²) in [7, 11) is 3.30. The fourth-order valence-corrected chi connectivity index (χ4v) is 2.74. The lowest BCUT2D eigenvalue weighted by Crippen LogP contribution is -2.37. The number of hydrogen-bond acceptors (Lipinski definition) is 4. The summed E-state index contributed by atoms with van der Waals surface area (Å²) in [6.07, 6.45) is 2.38. The molecule has 1 saturated heterocycles. The molecule has 1 aliphatic heterocycles. The van der Waals surface area contributed by atoms with Crippen LogP contribution in [0.15, 0.2) is 18.2 Å². The highest BCUT2D eigenvalue weighted by Gasteiger charge is 2.24. The number of methoxy groups -OCH3 is 2. The maximum Gasteiger partial charge on any atom is 0.306 e. The number of carboxylic acid groups (broad SMARTS) is 1. The van der Waals surface area contributed by atoms with Crippen molar-refractivity contribution >= 4 is 5.97 Å². The number of aliphatic carboxylic acids is 1. The number of carboxylic acids is 1. The fraction of sp³-hybridized carbons (Fsp3) is 0.562. The summed E-state index contributed by atoms with van der Waals surface area (Å²) in [6.45, 7) is 2.64. The summed E-state index contributed by atoms with van der Waals surface area (Å²) < 4.78 is 10.6. The molecule has 0 atom stereocenters. The van der Waals surface area contributed by atoms with E-state index >= 15 is 0 Å². The lowest BCUT2D eigenvalue weighted by molar-refractivity contribution is -0.143. The van der Waals surface area contributed by atoms with Crippen LogP contribution in [0.3, 0.4) is 0 Å². The van der Waals surface area contributed by atoms with Gasteiger partial charge in [0.1, 0.15) is 11.5 Å². The quantitative estimate of drug-likeness (QED) is 0.870. The second-order valence-electron chi connectivity index (χ2n) is 5.38. The minimum absolute atomic E-state index is 0.170. The zero-order valence-electron chi connectivity index (χ0n) is 12.7. The number of hydrogen-bond donors (Lipinski definition) is 1. The summed E-state index contributed by atoms with van der Waals surface area (Å²) >= 11 is 0. The third-order valence-electron chi connectivity index (χ3n) is 4.13. The van der Waals surface area contributed by atoms with E-state index in [2.05, 4.69) is 4.90 Å². The van der Waals surface area contributed by atoms with Crippen LogP contribution in [0.2, 0.25) is 0 Å². The van der Waals surface area contributed by atoms with Crippen molar-refractivity contribution in [1.29, 1.82) is 0 Å². The van der Waals surface area contributed by atoms with E-state index in [1.165, 1.54) is 0 Å². The van der Waals surface area contributed by atoms with Crippen molar-refractivity contribution in [3.05, 3.63) is 23.8 Å². The van der Waals surface area contributed by atoms with E-state index in [9.17, 15) is 4.79 Å². The first kappa shape index (κ1) is 15.6. The number of piperidine rings is 1. The summed E-state index contributed by atoms with van der Waals surface area (Å²) in [5.74, 6) is 0.802. The number of rotatable bonds is 6. The zero-order chi connectivity index (χ0) is 15.2. The second-order valence-corrected chi connectivity index (χ2v) is 5.38. The van der Waals surface area contributed by atoms with Crippen molar-refractivity contribution in [3.8, 4) is 11.5 Å². The normalized spacial score (nSPS) is 16.7. The molecular weight excluding hydrogens is 270 g/mol. The van der Waals surface area contributed by atoms with E-state index in [0.29, 0.717) is 0 Å². The molecule has 1 N–H and O–H groups in total. The summed E-state index contributed by atoms with van der Waals surface area (Å²) in [6, 6.07) is 5.86. The smallest absolute Gasteiger partial charge is 0.306 e. The maximum atomic E-state index is 10.9. The molecule has 116 valence electrons. The molecule has 0 bridgehead atoms. The Kier molecular flexibility index (Phi) is 5.44. The molecule has 0 aliphatic carbocycles. The Labute approximate surface area is 125 Å². The van der Waals surface area contributed by atoms with Gasteiger partial charge in [0, 0.05) is 12.6 Å². The second kappa shape index (κ2) is 7.31. The molecule has 0 aromatic heterocycles. The van der Waals surface area contributed by atoms with E-state index in [1.807, 2.05) is 18.2 Å². The van der Waals surface area contributed by atoms with Gasteiger partial charge in [-0.05, 0) is 44.0 Å². The monoisotopic (exact) mass is 293 g/mol. The molecule has 1 aliphatic rings. The zero-order valence-corrected chi connectivity index (χ0v) is 12.7. The molecule has 21 heavy (non-hydrogen) atoms. The van der Waals surface area contributed by atoms with Gasteiger partial charge in [-0.15, -0.1) is 0 Å². The first-order valence-electron chi connectivity index (χ1n) is 7.30. The Balaban J connectivity index is 1.87. The standard InChI is InChI=1S/C16H23NO4/c1-20-14-4-3-12(15(11-14)21-2)5-8-17-9-6-13(7-10-17)16(18)19/h3-4,11,13H,5-10H2,1-2H3,(H,18,19). The van der Waals surface area contributed by atoms with Crippen molar-refractivity contribution in [2.75, 3.05) is 33.9 Å². The highest BCUT2D eigenvalue weighted by Crippen LogP contribution is 2.25. The van der Waals surface area contributed by atoms with Crippen molar-refractivity contribution < 1.29 is 19.4 Å². The van der Waals surface area contributed by atoms with Gasteiger partial charge < -0.3 is 19.5 Å². The minimum atomic E-state index is -0.661. The molecule has 1 fully saturated rings. The Morgan fingerprint density at radius 3 is 2.57 bits per heavy atom. The molecule has 2 rings (SSSR count). The third-order valence-corrected chi connectivity index (χ3v) is 4.13. The van der Waals surface area contributed by atoms with Crippen LogP contribution in [0.1, 0.15) is 18.4 Å². The molecule has 1 aromatic carbocycles. The molecule has 1 aromatic rings. The van der Waals surface area contributed by atoms with Crippen LogP contribution in [-0.4, -0.2) is 49.8 Å². The fourth-order valence-electron chi connectivity index (χ4n) is 2.74. The Morgan fingerprint density at radius 2 is 2.00 bits per heavy atom. The van der Waals surface area contributed by atoms with Gasteiger partial charge in [-0.1, -0.05) is 6.07 Å². The van der Waals surface area contributed by atoms with E-state index in [0.717, 1.165) is 56.0 Å². The van der Waals surface area contributed by atoms with Crippen LogP contribution in [0.5, 0.6) is 11.5 Å². The van der Waals surface area contributed by atoms with Gasteiger partial charge in [0.15, 0.2) is 0 Å². The summed E-state index contributed by atoms with van der Waals surface area (Å²) in [4.78, 5) is 13.3. The van der Waals surface area contributed by atoms with Crippen molar-refractivity contribution in [2.45, 2.75) is 19.3 Å². The average Bonchev–Trinajstić information content (AvgIpc) is 2.53. The van der Waals surface area contributed by atoms with Gasteiger partial charge in [-0.2, -0.15) is 0 Å². The lowest BCUT2D eigenvalue weighted by Gasteiger charge is -2.30. The van der Waals surface area contributed by atoms with Crippen molar-refractivity contribution in [2.24, 2.45) is 5.92 Å². The van der Waals surface area contributed by atoms with E-state index in [-0.39, 0.29) is 5.92 Å². The summed E-state index contributed by atoms with van der Waals surface area (Å²) in [5, 5.41) is 9.00. The Morgan fingerprint density at radius 1 is 1.29 bits per heavy atom. The molecule has 5 nitrogen and oxygen atoms in total. The highest BCUT2D eigenvalue weighted by atomic mass is 16.5.